The van der Waals surface area contributed by atoms with Gasteiger partial charge in [0.1, 0.15) is 11.5 Å². The van der Waals surface area contributed by atoms with Gasteiger partial charge in [-0.25, -0.2) is 9.78 Å². The summed E-state index contributed by atoms with van der Waals surface area (Å²) in [4.78, 5) is 27.5. The summed E-state index contributed by atoms with van der Waals surface area (Å²) in [5.41, 5.74) is 0.249. The third kappa shape index (κ3) is 2.33. The van der Waals surface area contributed by atoms with Crippen molar-refractivity contribution in [1.29, 1.82) is 0 Å². The van der Waals surface area contributed by atoms with Crippen LogP contribution in [0.1, 0.15) is 12.8 Å². The molecule has 84 valence electrons. The van der Waals surface area contributed by atoms with Gasteiger partial charge in [0.15, 0.2) is 0 Å². The van der Waals surface area contributed by atoms with Crippen molar-refractivity contribution in [2.75, 3.05) is 18.4 Å². The number of aromatic nitrogens is 1. The molecule has 0 unspecified atom stereocenters. The highest BCUT2D eigenvalue weighted by Gasteiger charge is 2.17. The maximum absolute atomic E-state index is 11.7. The number of rotatable bonds is 2. The lowest BCUT2D eigenvalue weighted by Crippen LogP contribution is -2.32. The Labute approximate surface area is 92.6 Å². The van der Waals surface area contributed by atoms with Crippen molar-refractivity contribution in [3.05, 3.63) is 23.2 Å². The molecule has 0 atom stereocenters. The second-order valence-corrected chi connectivity index (χ2v) is 3.62. The van der Waals surface area contributed by atoms with Crippen LogP contribution in [0.25, 0.3) is 0 Å². The average molecular weight is 220 g/mol. The number of anilines is 1. The number of nitrogens with zero attached hydrogens (tertiary/aromatic N) is 3. The summed E-state index contributed by atoms with van der Waals surface area (Å²) < 4.78 is 0. The van der Waals surface area contributed by atoms with Crippen LogP contribution >= 0.6 is 0 Å². The highest BCUT2D eigenvalue weighted by Crippen LogP contribution is 2.14. The number of hydrogen-bond donors (Lipinski definition) is 1. The van der Waals surface area contributed by atoms with Crippen molar-refractivity contribution in [2.24, 2.45) is 5.18 Å². The zero-order valence-electron chi connectivity index (χ0n) is 8.72. The quantitative estimate of drug-likeness (QED) is 0.775. The molecule has 1 aromatic rings. The van der Waals surface area contributed by atoms with E-state index in [1.807, 2.05) is 0 Å². The molecule has 1 aliphatic rings. The van der Waals surface area contributed by atoms with E-state index >= 15 is 0 Å². The number of nitrogens with one attached hydrogen (secondary N) is 1. The van der Waals surface area contributed by atoms with Gasteiger partial charge in [0.05, 0.1) is 6.20 Å². The topological polar surface area (TPSA) is 74.7 Å². The first kappa shape index (κ1) is 10.5. The van der Waals surface area contributed by atoms with E-state index in [0.717, 1.165) is 25.9 Å². The number of carbonyl (C=O) groups is 1. The zero-order valence-corrected chi connectivity index (χ0v) is 8.72. The minimum atomic E-state index is -0.142. The first-order valence-electron chi connectivity index (χ1n) is 5.15. The third-order valence-electron chi connectivity index (χ3n) is 2.48. The summed E-state index contributed by atoms with van der Waals surface area (Å²) in [5, 5.41) is 5.40. The van der Waals surface area contributed by atoms with Crippen molar-refractivity contribution in [1.82, 2.24) is 9.88 Å². The van der Waals surface area contributed by atoms with Crippen LogP contribution in [-0.2, 0) is 0 Å². The van der Waals surface area contributed by atoms with Gasteiger partial charge >= 0.3 is 6.03 Å². The standard InChI is InChI=1S/C10H12N4O2/c15-10(14-5-1-2-6-14)12-9-4-3-8(13-16)7-11-9/h3-4,7H,1-2,5-6H2,(H,11,12,15). The van der Waals surface area contributed by atoms with Crippen LogP contribution in [-0.4, -0.2) is 29.0 Å². The summed E-state index contributed by atoms with van der Waals surface area (Å²) >= 11 is 0. The van der Waals surface area contributed by atoms with E-state index in [-0.39, 0.29) is 11.7 Å². The van der Waals surface area contributed by atoms with Crippen LogP contribution in [0.3, 0.4) is 0 Å². The van der Waals surface area contributed by atoms with Crippen LogP contribution in [0.2, 0.25) is 0 Å². The van der Waals surface area contributed by atoms with E-state index in [1.54, 1.807) is 11.0 Å². The Morgan fingerprint density at radius 1 is 1.38 bits per heavy atom. The van der Waals surface area contributed by atoms with Gasteiger partial charge < -0.3 is 4.90 Å². The molecule has 2 heterocycles. The Balaban J connectivity index is 1.97. The van der Waals surface area contributed by atoms with Crippen molar-refractivity contribution in [3.63, 3.8) is 0 Å². The highest BCUT2D eigenvalue weighted by atomic mass is 16.3. The fourth-order valence-corrected chi connectivity index (χ4v) is 1.62. The Morgan fingerprint density at radius 3 is 2.69 bits per heavy atom. The van der Waals surface area contributed by atoms with Gasteiger partial charge in [-0.05, 0) is 30.2 Å². The maximum Gasteiger partial charge on any atom is 0.323 e. The number of hydrogen-bond acceptors (Lipinski definition) is 4. The average Bonchev–Trinajstić information content (AvgIpc) is 2.83. The van der Waals surface area contributed by atoms with Gasteiger partial charge in [-0.15, -0.1) is 4.91 Å². The molecule has 2 amide bonds. The Kier molecular flexibility index (Phi) is 3.09. The first-order chi connectivity index (χ1) is 7.79. The van der Waals surface area contributed by atoms with Crippen molar-refractivity contribution < 1.29 is 4.79 Å². The monoisotopic (exact) mass is 220 g/mol. The predicted octanol–water partition coefficient (Wildman–Crippen LogP) is 2.11. The fraction of sp³-hybridized carbons (Fsp3) is 0.400. The van der Waals surface area contributed by atoms with Crippen molar-refractivity contribution >= 4 is 17.5 Å². The lowest BCUT2D eigenvalue weighted by molar-refractivity contribution is 0.222. The molecular formula is C10H12N4O2. The molecule has 2 rings (SSSR count). The van der Waals surface area contributed by atoms with Crippen LogP contribution in [0.4, 0.5) is 16.3 Å². The molecule has 1 saturated heterocycles. The molecule has 0 radical (unpaired) electrons. The summed E-state index contributed by atoms with van der Waals surface area (Å²) in [5.74, 6) is 0.435. The van der Waals surface area contributed by atoms with E-state index in [0.29, 0.717) is 5.82 Å². The van der Waals surface area contributed by atoms with Gasteiger partial charge in [0.2, 0.25) is 0 Å². The Hall–Kier alpha value is -1.98. The van der Waals surface area contributed by atoms with Gasteiger partial charge in [-0.3, -0.25) is 5.32 Å². The lowest BCUT2D eigenvalue weighted by atomic mass is 10.4. The number of nitroso groups, excluding NO2 is 1. The minimum Gasteiger partial charge on any atom is -0.324 e. The second kappa shape index (κ2) is 4.69. The summed E-state index contributed by atoms with van der Waals surface area (Å²) in [6.45, 7) is 1.58. The van der Waals surface area contributed by atoms with Gasteiger partial charge in [0, 0.05) is 13.1 Å². The third-order valence-corrected chi connectivity index (χ3v) is 2.48. The molecule has 6 heteroatoms. The molecule has 0 bridgehead atoms. The van der Waals surface area contributed by atoms with Crippen LogP contribution < -0.4 is 5.32 Å². The number of carbonyl (C=O) groups excluding carboxylic acids is 1. The molecule has 1 fully saturated rings. The molecule has 1 aliphatic heterocycles. The van der Waals surface area contributed by atoms with E-state index in [4.69, 9.17) is 0 Å². The normalized spacial score (nSPS) is 14.9. The fourth-order valence-electron chi connectivity index (χ4n) is 1.62. The molecule has 0 spiro atoms. The maximum atomic E-state index is 11.7. The van der Waals surface area contributed by atoms with Crippen LogP contribution in [0, 0.1) is 4.91 Å². The molecular weight excluding hydrogens is 208 g/mol. The summed E-state index contributed by atoms with van der Waals surface area (Å²) in [7, 11) is 0. The predicted molar refractivity (Wildman–Crippen MR) is 59.5 cm³/mol. The summed E-state index contributed by atoms with van der Waals surface area (Å²) in [6.07, 6.45) is 3.43. The smallest absolute Gasteiger partial charge is 0.323 e. The molecule has 0 aliphatic carbocycles. The molecule has 0 saturated carbocycles. The SMILES string of the molecule is O=Nc1ccc(NC(=O)N2CCCC2)nc1. The number of likely N-dealkylation sites (tertiary alicyclic amines) is 1. The summed E-state index contributed by atoms with van der Waals surface area (Å²) in [6, 6.07) is 2.93. The molecule has 1 N–H and O–H groups in total. The zero-order chi connectivity index (χ0) is 11.4. The van der Waals surface area contributed by atoms with Gasteiger partial charge in [-0.2, -0.15) is 0 Å². The Bertz CT molecular complexity index is 384. The lowest BCUT2D eigenvalue weighted by Gasteiger charge is -2.15. The van der Waals surface area contributed by atoms with E-state index in [2.05, 4.69) is 15.5 Å². The van der Waals surface area contributed by atoms with Crippen LogP contribution in [0.15, 0.2) is 23.5 Å². The van der Waals surface area contributed by atoms with Crippen molar-refractivity contribution in [2.45, 2.75) is 12.8 Å². The number of amides is 2. The molecule has 1 aromatic heterocycles. The number of pyridine rings is 1. The first-order valence-corrected chi connectivity index (χ1v) is 5.15. The Morgan fingerprint density at radius 2 is 2.12 bits per heavy atom. The molecule has 6 nitrogen and oxygen atoms in total. The van der Waals surface area contributed by atoms with E-state index in [1.165, 1.54) is 12.3 Å². The van der Waals surface area contributed by atoms with E-state index in [9.17, 15) is 9.70 Å². The minimum absolute atomic E-state index is 0.142. The van der Waals surface area contributed by atoms with Gasteiger partial charge in [0.25, 0.3) is 0 Å². The second-order valence-electron chi connectivity index (χ2n) is 3.62. The molecule has 16 heavy (non-hydrogen) atoms. The van der Waals surface area contributed by atoms with Crippen molar-refractivity contribution in [3.8, 4) is 0 Å². The van der Waals surface area contributed by atoms with Crippen LogP contribution in [0.5, 0.6) is 0 Å². The highest BCUT2D eigenvalue weighted by molar-refractivity contribution is 5.88. The number of urea groups is 1. The largest absolute Gasteiger partial charge is 0.324 e. The van der Waals surface area contributed by atoms with Gasteiger partial charge in [-0.1, -0.05) is 0 Å². The van der Waals surface area contributed by atoms with E-state index < -0.39 is 0 Å². The molecule has 0 aromatic carbocycles.